The number of hydrogen-bond donors (Lipinski definition) is 0. The zero-order chi connectivity index (χ0) is 12.1. The van der Waals surface area contributed by atoms with Crippen LogP contribution in [0.2, 0.25) is 0 Å². The van der Waals surface area contributed by atoms with E-state index < -0.39 is 22.4 Å². The lowest BCUT2D eigenvalue weighted by Crippen LogP contribution is -2.03. The number of methoxy groups -OCH3 is 1. The molecule has 0 saturated carbocycles. The highest BCUT2D eigenvalue weighted by molar-refractivity contribution is 8.00. The van der Waals surface area contributed by atoms with E-state index in [0.29, 0.717) is 4.90 Å². The molecule has 0 saturated heterocycles. The molecule has 0 atom stereocenters. The van der Waals surface area contributed by atoms with E-state index in [9.17, 15) is 19.3 Å². The molecule has 0 aliphatic heterocycles. The number of halogens is 1. The second-order valence-electron chi connectivity index (χ2n) is 2.74. The lowest BCUT2D eigenvalue weighted by atomic mass is 10.3. The average molecular weight is 245 g/mol. The average Bonchev–Trinajstić information content (AvgIpc) is 2.27. The summed E-state index contributed by atoms with van der Waals surface area (Å²) in [5.41, 5.74) is -0.602. The molecule has 86 valence electrons. The Morgan fingerprint density at radius 1 is 1.62 bits per heavy atom. The minimum absolute atomic E-state index is 0.0271. The van der Waals surface area contributed by atoms with Crippen LogP contribution in [0.25, 0.3) is 0 Å². The van der Waals surface area contributed by atoms with Gasteiger partial charge in [-0.25, -0.2) is 0 Å². The van der Waals surface area contributed by atoms with E-state index >= 15 is 0 Å². The quantitative estimate of drug-likeness (QED) is 0.351. The second kappa shape index (κ2) is 5.45. The maximum absolute atomic E-state index is 12.9. The number of rotatable bonds is 4. The van der Waals surface area contributed by atoms with Gasteiger partial charge in [-0.05, 0) is 12.1 Å². The third kappa shape index (κ3) is 3.20. The Labute approximate surface area is 94.7 Å². The molecule has 1 aromatic rings. The molecule has 7 heteroatoms. The van der Waals surface area contributed by atoms with E-state index in [2.05, 4.69) is 4.74 Å². The van der Waals surface area contributed by atoms with Crippen LogP contribution in [-0.2, 0) is 9.53 Å². The van der Waals surface area contributed by atoms with Gasteiger partial charge in [0.05, 0.1) is 17.8 Å². The molecule has 0 aromatic heterocycles. The molecule has 0 N–H and O–H groups in total. The summed E-state index contributed by atoms with van der Waals surface area (Å²) in [6, 6.07) is 3.45. The SMILES string of the molecule is COC(=O)CSc1ccc(F)c([N+](=O)[O-])c1. The van der Waals surface area contributed by atoms with Crippen LogP contribution < -0.4 is 0 Å². The van der Waals surface area contributed by atoms with Crippen molar-refractivity contribution < 1.29 is 18.8 Å². The van der Waals surface area contributed by atoms with Crippen molar-refractivity contribution >= 4 is 23.4 Å². The van der Waals surface area contributed by atoms with Crippen LogP contribution in [0.3, 0.4) is 0 Å². The number of esters is 1. The number of ether oxygens (including phenoxy) is 1. The van der Waals surface area contributed by atoms with E-state index in [-0.39, 0.29) is 5.75 Å². The minimum Gasteiger partial charge on any atom is -0.468 e. The van der Waals surface area contributed by atoms with Gasteiger partial charge in [0, 0.05) is 11.0 Å². The third-order valence-corrected chi connectivity index (χ3v) is 2.67. The van der Waals surface area contributed by atoms with Crippen LogP contribution in [0.1, 0.15) is 0 Å². The minimum atomic E-state index is -0.896. The zero-order valence-electron chi connectivity index (χ0n) is 8.31. The number of thioether (sulfide) groups is 1. The summed E-state index contributed by atoms with van der Waals surface area (Å²) in [5.74, 6) is -1.32. The molecule has 0 aliphatic carbocycles. The fourth-order valence-corrected chi connectivity index (χ4v) is 1.68. The Kier molecular flexibility index (Phi) is 4.24. The van der Waals surface area contributed by atoms with Crippen molar-refractivity contribution in [3.63, 3.8) is 0 Å². The maximum atomic E-state index is 12.9. The number of nitro benzene ring substituents is 1. The van der Waals surface area contributed by atoms with E-state index in [1.165, 1.54) is 13.2 Å². The first-order chi connectivity index (χ1) is 7.54. The summed E-state index contributed by atoms with van der Waals surface area (Å²) in [4.78, 5) is 20.9. The lowest BCUT2D eigenvalue weighted by molar-refractivity contribution is -0.387. The topological polar surface area (TPSA) is 69.4 Å². The molecule has 5 nitrogen and oxygen atoms in total. The molecule has 0 bridgehead atoms. The summed E-state index contributed by atoms with van der Waals surface area (Å²) in [7, 11) is 1.25. The first-order valence-corrected chi connectivity index (χ1v) is 5.16. The molecule has 0 radical (unpaired) electrons. The molecule has 0 amide bonds. The Morgan fingerprint density at radius 2 is 2.31 bits per heavy atom. The van der Waals surface area contributed by atoms with Crippen LogP contribution in [0, 0.1) is 15.9 Å². The largest absolute Gasteiger partial charge is 0.468 e. The molecule has 0 heterocycles. The smallest absolute Gasteiger partial charge is 0.315 e. The van der Waals surface area contributed by atoms with Crippen molar-refractivity contribution in [2.75, 3.05) is 12.9 Å². The summed E-state index contributed by atoms with van der Waals surface area (Å²) in [6.07, 6.45) is 0. The van der Waals surface area contributed by atoms with Gasteiger partial charge in [0.2, 0.25) is 5.82 Å². The fourth-order valence-electron chi connectivity index (χ4n) is 0.923. The number of carbonyl (C=O) groups excluding carboxylic acids is 1. The van der Waals surface area contributed by atoms with Crippen molar-refractivity contribution in [1.82, 2.24) is 0 Å². The molecule has 0 unspecified atom stereocenters. The summed E-state index contributed by atoms with van der Waals surface area (Å²) in [6.45, 7) is 0. The molecular weight excluding hydrogens is 237 g/mol. The highest BCUT2D eigenvalue weighted by Gasteiger charge is 2.14. The van der Waals surface area contributed by atoms with Gasteiger partial charge < -0.3 is 4.74 Å². The number of hydrogen-bond acceptors (Lipinski definition) is 5. The first-order valence-electron chi connectivity index (χ1n) is 4.18. The zero-order valence-corrected chi connectivity index (χ0v) is 9.12. The fraction of sp³-hybridized carbons (Fsp3) is 0.222. The number of nitro groups is 1. The van der Waals surface area contributed by atoms with Gasteiger partial charge in [-0.1, -0.05) is 0 Å². The lowest BCUT2D eigenvalue weighted by Gasteiger charge is -2.00. The van der Waals surface area contributed by atoms with E-state index in [4.69, 9.17) is 0 Å². The van der Waals surface area contributed by atoms with Crippen molar-refractivity contribution in [3.8, 4) is 0 Å². The van der Waals surface area contributed by atoms with Gasteiger partial charge >= 0.3 is 11.7 Å². The predicted molar refractivity (Wildman–Crippen MR) is 55.8 cm³/mol. The van der Waals surface area contributed by atoms with E-state index in [0.717, 1.165) is 23.9 Å². The molecule has 0 spiro atoms. The molecule has 0 aliphatic rings. The number of benzene rings is 1. The van der Waals surface area contributed by atoms with Crippen LogP contribution in [0.4, 0.5) is 10.1 Å². The van der Waals surface area contributed by atoms with E-state index in [1.807, 2.05) is 0 Å². The monoisotopic (exact) mass is 245 g/mol. The summed E-state index contributed by atoms with van der Waals surface area (Å²) >= 11 is 1.05. The molecule has 16 heavy (non-hydrogen) atoms. The highest BCUT2D eigenvalue weighted by atomic mass is 32.2. The standard InChI is InChI=1S/C9H8FNO4S/c1-15-9(12)5-16-6-2-3-7(10)8(4-6)11(13)14/h2-4H,5H2,1H3. The van der Waals surface area contributed by atoms with Crippen LogP contribution in [-0.4, -0.2) is 23.8 Å². The summed E-state index contributed by atoms with van der Waals surface area (Å²) < 4.78 is 17.3. The van der Waals surface area contributed by atoms with Crippen molar-refractivity contribution in [2.24, 2.45) is 0 Å². The van der Waals surface area contributed by atoms with Gasteiger partial charge in [-0.2, -0.15) is 4.39 Å². The Bertz CT molecular complexity index is 424. The highest BCUT2D eigenvalue weighted by Crippen LogP contribution is 2.25. The predicted octanol–water partition coefficient (Wildman–Crippen LogP) is 2.00. The van der Waals surface area contributed by atoms with Gasteiger partial charge in [0.1, 0.15) is 0 Å². The number of carbonyl (C=O) groups is 1. The van der Waals surface area contributed by atoms with Crippen molar-refractivity contribution in [2.45, 2.75) is 4.90 Å². The van der Waals surface area contributed by atoms with E-state index in [1.54, 1.807) is 0 Å². The van der Waals surface area contributed by atoms with Crippen LogP contribution in [0.5, 0.6) is 0 Å². The molecule has 0 fully saturated rings. The molecule has 1 rings (SSSR count). The van der Waals surface area contributed by atoms with Gasteiger partial charge in [0.25, 0.3) is 0 Å². The Hall–Kier alpha value is -1.63. The number of nitrogens with zero attached hydrogens (tertiary/aromatic N) is 1. The second-order valence-corrected chi connectivity index (χ2v) is 3.78. The van der Waals surface area contributed by atoms with Crippen molar-refractivity contribution in [3.05, 3.63) is 34.1 Å². The summed E-state index contributed by atoms with van der Waals surface area (Å²) in [5, 5.41) is 10.4. The van der Waals surface area contributed by atoms with Crippen molar-refractivity contribution in [1.29, 1.82) is 0 Å². The third-order valence-electron chi connectivity index (χ3n) is 1.70. The van der Waals surface area contributed by atoms with Gasteiger partial charge in [0.15, 0.2) is 0 Å². The van der Waals surface area contributed by atoms with Gasteiger partial charge in [-0.3, -0.25) is 14.9 Å². The molecular formula is C9H8FNO4S. The van der Waals surface area contributed by atoms with Gasteiger partial charge in [-0.15, -0.1) is 11.8 Å². The first kappa shape index (κ1) is 12.4. The maximum Gasteiger partial charge on any atom is 0.315 e. The normalized spacial score (nSPS) is 9.88. The Balaban J connectivity index is 2.79. The Morgan fingerprint density at radius 3 is 2.88 bits per heavy atom. The molecule has 1 aromatic carbocycles. The van der Waals surface area contributed by atoms with Crippen LogP contribution in [0.15, 0.2) is 23.1 Å². The van der Waals surface area contributed by atoms with Crippen LogP contribution >= 0.6 is 11.8 Å².